The molecule has 0 unspecified atom stereocenters. The van der Waals surface area contributed by atoms with Gasteiger partial charge in [-0.05, 0) is 48.9 Å². The Morgan fingerprint density at radius 1 is 0.970 bits per heavy atom. The minimum absolute atomic E-state index is 0.00922. The standard InChI is InChI=1S/C25H29N3O5/c1-4-33-25(30)28-13-11-27(12-14-28)16-21-23(17-5-7-18(31-2)8-6-17)26-22-15-19(32-3)9-10-20(22)24(21)29/h5-10,15H,4,11-14,16H2,1-3H3,(H,26,29). The lowest BCUT2D eigenvalue weighted by molar-refractivity contribution is 0.0778. The van der Waals surface area contributed by atoms with E-state index < -0.39 is 0 Å². The molecular formula is C25H29N3O5. The molecule has 1 fully saturated rings. The van der Waals surface area contributed by atoms with Gasteiger partial charge in [0.1, 0.15) is 11.5 Å². The molecule has 8 nitrogen and oxygen atoms in total. The maximum atomic E-state index is 13.6. The molecule has 0 aliphatic carbocycles. The van der Waals surface area contributed by atoms with E-state index in [1.807, 2.05) is 30.3 Å². The van der Waals surface area contributed by atoms with Crippen LogP contribution in [0.15, 0.2) is 47.3 Å². The van der Waals surface area contributed by atoms with Crippen LogP contribution in [0.3, 0.4) is 0 Å². The van der Waals surface area contributed by atoms with E-state index in [1.54, 1.807) is 38.2 Å². The Balaban J connectivity index is 1.69. The fraction of sp³-hybridized carbons (Fsp3) is 0.360. The fourth-order valence-electron chi connectivity index (χ4n) is 4.12. The van der Waals surface area contributed by atoms with E-state index in [-0.39, 0.29) is 11.5 Å². The van der Waals surface area contributed by atoms with Gasteiger partial charge in [-0.2, -0.15) is 0 Å². The minimum Gasteiger partial charge on any atom is -0.497 e. The lowest BCUT2D eigenvalue weighted by Crippen LogP contribution is -2.48. The Kier molecular flexibility index (Phi) is 6.84. The Morgan fingerprint density at radius 3 is 2.27 bits per heavy atom. The van der Waals surface area contributed by atoms with Crippen LogP contribution in [-0.4, -0.2) is 67.9 Å². The Hall–Kier alpha value is -3.52. The number of rotatable bonds is 6. The monoisotopic (exact) mass is 451 g/mol. The van der Waals surface area contributed by atoms with Gasteiger partial charge in [0.25, 0.3) is 0 Å². The van der Waals surface area contributed by atoms with E-state index in [9.17, 15) is 9.59 Å². The van der Waals surface area contributed by atoms with Crippen molar-refractivity contribution in [2.75, 3.05) is 47.0 Å². The smallest absolute Gasteiger partial charge is 0.409 e. The van der Waals surface area contributed by atoms with E-state index in [0.717, 1.165) is 22.5 Å². The van der Waals surface area contributed by atoms with Gasteiger partial charge in [0.15, 0.2) is 5.43 Å². The van der Waals surface area contributed by atoms with Gasteiger partial charge in [-0.25, -0.2) is 4.79 Å². The number of H-pyrrole nitrogens is 1. The first-order valence-corrected chi connectivity index (χ1v) is 11.1. The molecule has 33 heavy (non-hydrogen) atoms. The number of piperazine rings is 1. The number of carbonyl (C=O) groups is 1. The number of pyridine rings is 1. The van der Waals surface area contributed by atoms with Gasteiger partial charge in [0.05, 0.1) is 32.0 Å². The first kappa shape index (κ1) is 22.7. The summed E-state index contributed by atoms with van der Waals surface area (Å²) in [5.41, 5.74) is 3.09. The quantitative estimate of drug-likeness (QED) is 0.618. The van der Waals surface area contributed by atoms with Gasteiger partial charge >= 0.3 is 6.09 Å². The molecule has 8 heteroatoms. The number of amides is 1. The number of aromatic nitrogens is 1. The number of carbonyl (C=O) groups excluding carboxylic acids is 1. The number of nitrogens with one attached hydrogen (secondary N) is 1. The number of aromatic amines is 1. The largest absolute Gasteiger partial charge is 0.497 e. The maximum Gasteiger partial charge on any atom is 0.409 e. The molecule has 2 aromatic carbocycles. The van der Waals surface area contributed by atoms with E-state index in [4.69, 9.17) is 14.2 Å². The summed E-state index contributed by atoms with van der Waals surface area (Å²) in [5.74, 6) is 1.43. The number of fused-ring (bicyclic) bond motifs is 1. The average Bonchev–Trinajstić information content (AvgIpc) is 2.86. The van der Waals surface area contributed by atoms with Gasteiger partial charge in [0, 0.05) is 49.7 Å². The van der Waals surface area contributed by atoms with Gasteiger partial charge in [-0.3, -0.25) is 9.69 Å². The van der Waals surface area contributed by atoms with Crippen LogP contribution in [-0.2, 0) is 11.3 Å². The summed E-state index contributed by atoms with van der Waals surface area (Å²) in [4.78, 5) is 33.0. The van der Waals surface area contributed by atoms with Crippen molar-refractivity contribution in [3.63, 3.8) is 0 Å². The Morgan fingerprint density at radius 2 is 1.64 bits per heavy atom. The molecule has 0 spiro atoms. The number of nitrogens with zero attached hydrogens (tertiary/aromatic N) is 2. The van der Waals surface area contributed by atoms with Crippen molar-refractivity contribution in [3.05, 3.63) is 58.3 Å². The lowest BCUT2D eigenvalue weighted by Gasteiger charge is -2.34. The number of hydrogen-bond donors (Lipinski definition) is 1. The van der Waals surface area contributed by atoms with Crippen LogP contribution in [0.4, 0.5) is 4.79 Å². The topological polar surface area (TPSA) is 84.1 Å². The first-order valence-electron chi connectivity index (χ1n) is 11.1. The Labute approximate surface area is 192 Å². The average molecular weight is 452 g/mol. The summed E-state index contributed by atoms with van der Waals surface area (Å²) in [5, 5.41) is 0.619. The lowest BCUT2D eigenvalue weighted by atomic mass is 10.0. The maximum absolute atomic E-state index is 13.6. The normalized spacial score (nSPS) is 14.3. The second kappa shape index (κ2) is 9.95. The molecule has 1 aliphatic heterocycles. The van der Waals surface area contributed by atoms with Crippen LogP contribution in [0.5, 0.6) is 11.5 Å². The van der Waals surface area contributed by atoms with Crippen molar-refractivity contribution in [1.82, 2.24) is 14.8 Å². The third-order valence-corrected chi connectivity index (χ3v) is 5.97. The van der Waals surface area contributed by atoms with Crippen molar-refractivity contribution in [1.29, 1.82) is 0 Å². The van der Waals surface area contributed by atoms with Crippen LogP contribution < -0.4 is 14.9 Å². The molecule has 1 N–H and O–H groups in total. The van der Waals surface area contributed by atoms with Gasteiger partial charge in [-0.15, -0.1) is 0 Å². The molecule has 3 aromatic rings. The molecule has 1 aromatic heterocycles. The molecule has 0 bridgehead atoms. The third kappa shape index (κ3) is 4.80. The predicted molar refractivity (Wildman–Crippen MR) is 127 cm³/mol. The summed E-state index contributed by atoms with van der Waals surface area (Å²) in [6, 6.07) is 13.1. The molecule has 174 valence electrons. The van der Waals surface area contributed by atoms with E-state index >= 15 is 0 Å². The van der Waals surface area contributed by atoms with Crippen LogP contribution in [0.2, 0.25) is 0 Å². The highest BCUT2D eigenvalue weighted by molar-refractivity contribution is 5.84. The van der Waals surface area contributed by atoms with Gasteiger partial charge in [0.2, 0.25) is 0 Å². The SMILES string of the molecule is CCOC(=O)N1CCN(Cc2c(-c3ccc(OC)cc3)[nH]c3cc(OC)ccc3c2=O)CC1. The first-order chi connectivity index (χ1) is 16.0. The van der Waals surface area contributed by atoms with Crippen molar-refractivity contribution in [2.45, 2.75) is 13.5 Å². The van der Waals surface area contributed by atoms with Crippen LogP contribution in [0, 0.1) is 0 Å². The Bertz CT molecular complexity index is 1180. The number of hydrogen-bond acceptors (Lipinski definition) is 6. The second-order valence-electron chi connectivity index (χ2n) is 7.91. The highest BCUT2D eigenvalue weighted by Gasteiger charge is 2.24. The molecule has 1 aliphatic rings. The zero-order valence-electron chi connectivity index (χ0n) is 19.2. The van der Waals surface area contributed by atoms with Crippen LogP contribution in [0.25, 0.3) is 22.2 Å². The molecule has 2 heterocycles. The number of benzene rings is 2. The fourth-order valence-corrected chi connectivity index (χ4v) is 4.12. The van der Waals surface area contributed by atoms with Crippen molar-refractivity contribution >= 4 is 17.0 Å². The van der Waals surface area contributed by atoms with Crippen LogP contribution >= 0.6 is 0 Å². The molecule has 1 saturated heterocycles. The molecule has 0 saturated carbocycles. The van der Waals surface area contributed by atoms with E-state index in [1.165, 1.54) is 0 Å². The van der Waals surface area contributed by atoms with Gasteiger partial charge < -0.3 is 24.1 Å². The summed E-state index contributed by atoms with van der Waals surface area (Å²) in [7, 11) is 3.23. The zero-order valence-corrected chi connectivity index (χ0v) is 19.2. The van der Waals surface area contributed by atoms with E-state index in [2.05, 4.69) is 9.88 Å². The molecule has 0 radical (unpaired) electrons. The number of ether oxygens (including phenoxy) is 3. The molecule has 1 amide bonds. The molecule has 4 rings (SSSR count). The second-order valence-corrected chi connectivity index (χ2v) is 7.91. The van der Waals surface area contributed by atoms with E-state index in [0.29, 0.717) is 56.0 Å². The molecule has 0 atom stereocenters. The highest BCUT2D eigenvalue weighted by atomic mass is 16.6. The minimum atomic E-state index is -0.284. The van der Waals surface area contributed by atoms with Crippen molar-refractivity contribution in [3.8, 4) is 22.8 Å². The summed E-state index contributed by atoms with van der Waals surface area (Å²) < 4.78 is 15.7. The number of methoxy groups -OCH3 is 2. The third-order valence-electron chi connectivity index (χ3n) is 5.97. The molecular weight excluding hydrogens is 422 g/mol. The van der Waals surface area contributed by atoms with Crippen LogP contribution in [0.1, 0.15) is 12.5 Å². The predicted octanol–water partition coefficient (Wildman–Crippen LogP) is 3.49. The summed E-state index contributed by atoms with van der Waals surface area (Å²) in [6.45, 7) is 5.12. The zero-order chi connectivity index (χ0) is 23.4. The summed E-state index contributed by atoms with van der Waals surface area (Å²) >= 11 is 0. The van der Waals surface area contributed by atoms with Crippen molar-refractivity contribution in [2.24, 2.45) is 0 Å². The summed E-state index contributed by atoms with van der Waals surface area (Å²) in [6.07, 6.45) is -0.284. The highest BCUT2D eigenvalue weighted by Crippen LogP contribution is 2.27. The van der Waals surface area contributed by atoms with Gasteiger partial charge in [-0.1, -0.05) is 0 Å². The van der Waals surface area contributed by atoms with Crippen molar-refractivity contribution < 1.29 is 19.0 Å².